The van der Waals surface area contributed by atoms with Crippen LogP contribution in [0.2, 0.25) is 0 Å². The molecule has 0 saturated heterocycles. The molecule has 1 unspecified atom stereocenters. The quantitative estimate of drug-likeness (QED) is 0.786. The van der Waals surface area contributed by atoms with Crippen LogP contribution in [0.15, 0.2) is 60.7 Å². The molecular weight excluding hydrogens is 272 g/mol. The van der Waals surface area contributed by atoms with E-state index >= 15 is 0 Å². The summed E-state index contributed by atoms with van der Waals surface area (Å²) in [5, 5.41) is 11.5. The summed E-state index contributed by atoms with van der Waals surface area (Å²) in [5.74, 6) is -0.404. The molecule has 1 N–H and O–H groups in total. The van der Waals surface area contributed by atoms with Gasteiger partial charge in [-0.25, -0.2) is 0 Å². The van der Waals surface area contributed by atoms with Crippen molar-refractivity contribution in [2.24, 2.45) is 0 Å². The first-order chi connectivity index (χ1) is 10.7. The standard InChI is InChI=1S/C20H16O2/c21-19(22)12-14-9-10-15-11-18(13-5-2-1-3-6-13)17-8-4-7-16(14)20(15)17/h1-10,18H,11-12H2,(H,21,22). The van der Waals surface area contributed by atoms with Gasteiger partial charge in [0.2, 0.25) is 0 Å². The molecule has 0 radical (unpaired) electrons. The van der Waals surface area contributed by atoms with Crippen LogP contribution in [0.4, 0.5) is 0 Å². The minimum Gasteiger partial charge on any atom is -0.481 e. The van der Waals surface area contributed by atoms with E-state index in [-0.39, 0.29) is 6.42 Å². The molecule has 3 aromatic rings. The van der Waals surface area contributed by atoms with Gasteiger partial charge in [-0.2, -0.15) is 0 Å². The second kappa shape index (κ2) is 4.99. The first-order valence-electron chi connectivity index (χ1n) is 7.54. The second-order valence-electron chi connectivity index (χ2n) is 5.89. The van der Waals surface area contributed by atoms with Crippen molar-refractivity contribution in [2.75, 3.05) is 0 Å². The maximum absolute atomic E-state index is 11.1. The molecule has 0 amide bonds. The van der Waals surface area contributed by atoms with Gasteiger partial charge in [0.15, 0.2) is 0 Å². The van der Waals surface area contributed by atoms with Gasteiger partial charge in [-0.15, -0.1) is 0 Å². The molecule has 1 aliphatic rings. The Labute approximate surface area is 129 Å². The van der Waals surface area contributed by atoms with Crippen molar-refractivity contribution < 1.29 is 9.90 Å². The Morgan fingerprint density at radius 1 is 1.00 bits per heavy atom. The molecule has 0 fully saturated rings. The van der Waals surface area contributed by atoms with Gasteiger partial charge in [0.1, 0.15) is 0 Å². The van der Waals surface area contributed by atoms with Crippen LogP contribution >= 0.6 is 0 Å². The topological polar surface area (TPSA) is 37.3 Å². The largest absolute Gasteiger partial charge is 0.481 e. The monoisotopic (exact) mass is 288 g/mol. The Kier molecular flexibility index (Phi) is 2.97. The van der Waals surface area contributed by atoms with E-state index in [1.165, 1.54) is 22.1 Å². The molecule has 0 saturated carbocycles. The zero-order chi connectivity index (χ0) is 15.1. The highest BCUT2D eigenvalue weighted by Gasteiger charge is 2.26. The van der Waals surface area contributed by atoms with E-state index < -0.39 is 5.97 Å². The third kappa shape index (κ3) is 2.00. The highest BCUT2D eigenvalue weighted by atomic mass is 16.4. The summed E-state index contributed by atoms with van der Waals surface area (Å²) < 4.78 is 0. The van der Waals surface area contributed by atoms with E-state index in [9.17, 15) is 4.79 Å². The van der Waals surface area contributed by atoms with E-state index in [1.807, 2.05) is 24.3 Å². The third-order valence-electron chi connectivity index (χ3n) is 4.59. The highest BCUT2D eigenvalue weighted by Crippen LogP contribution is 2.42. The van der Waals surface area contributed by atoms with Crippen molar-refractivity contribution in [3.05, 3.63) is 82.9 Å². The van der Waals surface area contributed by atoms with Crippen molar-refractivity contribution >= 4 is 16.7 Å². The summed E-state index contributed by atoms with van der Waals surface area (Å²) in [6, 6.07) is 20.9. The SMILES string of the molecule is O=C(O)Cc1ccc2c3c(cccc13)C(c1ccccc1)C2. The van der Waals surface area contributed by atoms with E-state index in [0.717, 1.165) is 17.4 Å². The van der Waals surface area contributed by atoms with Gasteiger partial charge in [0.05, 0.1) is 6.42 Å². The van der Waals surface area contributed by atoms with Gasteiger partial charge in [0.25, 0.3) is 0 Å². The van der Waals surface area contributed by atoms with Crippen LogP contribution in [-0.2, 0) is 17.6 Å². The Morgan fingerprint density at radius 2 is 1.82 bits per heavy atom. The van der Waals surface area contributed by atoms with Crippen molar-refractivity contribution in [3.8, 4) is 0 Å². The number of aliphatic carboxylic acids is 1. The number of carboxylic acid groups (broad SMARTS) is 1. The Morgan fingerprint density at radius 3 is 2.59 bits per heavy atom. The van der Waals surface area contributed by atoms with Crippen molar-refractivity contribution in [3.63, 3.8) is 0 Å². The smallest absolute Gasteiger partial charge is 0.307 e. The van der Waals surface area contributed by atoms with E-state index in [4.69, 9.17) is 5.11 Å². The summed E-state index contributed by atoms with van der Waals surface area (Å²) in [6.07, 6.45) is 1.07. The number of hydrogen-bond donors (Lipinski definition) is 1. The average molecular weight is 288 g/mol. The molecule has 4 rings (SSSR count). The molecule has 0 bridgehead atoms. The summed E-state index contributed by atoms with van der Waals surface area (Å²) in [5.41, 5.74) is 4.88. The molecule has 2 heteroatoms. The molecule has 0 aliphatic heterocycles. The fourth-order valence-electron chi connectivity index (χ4n) is 3.66. The number of hydrogen-bond acceptors (Lipinski definition) is 1. The lowest BCUT2D eigenvalue weighted by atomic mass is 9.92. The molecule has 2 nitrogen and oxygen atoms in total. The average Bonchev–Trinajstić information content (AvgIpc) is 2.91. The minimum atomic E-state index is -0.779. The maximum atomic E-state index is 11.1. The van der Waals surface area contributed by atoms with Crippen molar-refractivity contribution in [1.82, 2.24) is 0 Å². The predicted octanol–water partition coefficient (Wildman–Crippen LogP) is 4.15. The van der Waals surface area contributed by atoms with Crippen LogP contribution in [0, 0.1) is 0 Å². The van der Waals surface area contributed by atoms with Gasteiger partial charge in [0, 0.05) is 5.92 Å². The van der Waals surface area contributed by atoms with E-state index in [1.54, 1.807) is 0 Å². The van der Waals surface area contributed by atoms with Crippen molar-refractivity contribution in [1.29, 1.82) is 0 Å². The lowest BCUT2D eigenvalue weighted by Crippen LogP contribution is -2.01. The van der Waals surface area contributed by atoms with E-state index in [0.29, 0.717) is 5.92 Å². The Hall–Kier alpha value is -2.61. The van der Waals surface area contributed by atoms with Gasteiger partial charge < -0.3 is 5.11 Å². The normalized spacial score (nSPS) is 16.1. The van der Waals surface area contributed by atoms with Crippen LogP contribution < -0.4 is 0 Å². The zero-order valence-electron chi connectivity index (χ0n) is 12.1. The van der Waals surface area contributed by atoms with Gasteiger partial charge in [-0.05, 0) is 39.4 Å². The molecule has 1 aliphatic carbocycles. The molecule has 0 heterocycles. The molecule has 3 aromatic carbocycles. The lowest BCUT2D eigenvalue weighted by molar-refractivity contribution is -0.136. The molecule has 0 aromatic heterocycles. The molecule has 1 atom stereocenters. The number of benzene rings is 3. The van der Waals surface area contributed by atoms with Crippen LogP contribution in [0.3, 0.4) is 0 Å². The van der Waals surface area contributed by atoms with Gasteiger partial charge >= 0.3 is 5.97 Å². The minimum absolute atomic E-state index is 0.0796. The van der Waals surface area contributed by atoms with E-state index in [2.05, 4.69) is 36.4 Å². The lowest BCUT2D eigenvalue weighted by Gasteiger charge is -2.12. The number of carboxylic acids is 1. The first kappa shape index (κ1) is 13.1. The molecular formula is C20H16O2. The molecule has 108 valence electrons. The summed E-state index contributed by atoms with van der Waals surface area (Å²) in [6.45, 7) is 0. The Balaban J connectivity index is 1.90. The second-order valence-corrected chi connectivity index (χ2v) is 5.89. The van der Waals surface area contributed by atoms with Crippen LogP contribution in [0.5, 0.6) is 0 Å². The Bertz CT molecular complexity index is 866. The first-order valence-corrected chi connectivity index (χ1v) is 7.54. The summed E-state index contributed by atoms with van der Waals surface area (Å²) >= 11 is 0. The zero-order valence-corrected chi connectivity index (χ0v) is 12.1. The van der Waals surface area contributed by atoms with Gasteiger partial charge in [-0.1, -0.05) is 60.7 Å². The maximum Gasteiger partial charge on any atom is 0.307 e. The van der Waals surface area contributed by atoms with Crippen LogP contribution in [-0.4, -0.2) is 11.1 Å². The molecule has 0 spiro atoms. The fraction of sp³-hybridized carbons (Fsp3) is 0.150. The number of carbonyl (C=O) groups is 1. The van der Waals surface area contributed by atoms with Crippen molar-refractivity contribution in [2.45, 2.75) is 18.8 Å². The third-order valence-corrected chi connectivity index (χ3v) is 4.59. The summed E-state index contributed by atoms with van der Waals surface area (Å²) in [7, 11) is 0. The van der Waals surface area contributed by atoms with Crippen LogP contribution in [0.25, 0.3) is 10.8 Å². The fourth-order valence-corrected chi connectivity index (χ4v) is 3.66. The summed E-state index contributed by atoms with van der Waals surface area (Å²) in [4.78, 5) is 11.1. The molecule has 22 heavy (non-hydrogen) atoms. The van der Waals surface area contributed by atoms with Gasteiger partial charge in [-0.3, -0.25) is 4.79 Å². The highest BCUT2D eigenvalue weighted by molar-refractivity contribution is 5.96. The predicted molar refractivity (Wildman–Crippen MR) is 87.3 cm³/mol. The number of rotatable bonds is 3. The van der Waals surface area contributed by atoms with Crippen LogP contribution in [0.1, 0.15) is 28.2 Å².